The Bertz CT molecular complexity index is 987. The third-order valence-electron chi connectivity index (χ3n) is 6.16. The molecule has 1 saturated carbocycles. The van der Waals surface area contributed by atoms with Gasteiger partial charge in [-0.05, 0) is 50.5 Å². The zero-order chi connectivity index (χ0) is 18.6. The summed E-state index contributed by atoms with van der Waals surface area (Å²) in [6, 6.07) is 12.5. The van der Waals surface area contributed by atoms with Gasteiger partial charge in [0, 0.05) is 42.5 Å². The zero-order valence-corrected chi connectivity index (χ0v) is 15.8. The molecule has 1 spiro atoms. The van der Waals surface area contributed by atoms with Crippen molar-refractivity contribution in [3.63, 3.8) is 0 Å². The molecule has 2 fully saturated rings. The van der Waals surface area contributed by atoms with Gasteiger partial charge in [-0.25, -0.2) is 4.68 Å². The second-order valence-electron chi connectivity index (χ2n) is 8.27. The summed E-state index contributed by atoms with van der Waals surface area (Å²) in [4.78, 5) is 17.4. The number of aryl methyl sites for hydroxylation is 2. The van der Waals surface area contributed by atoms with Gasteiger partial charge in [-0.15, -0.1) is 0 Å². The lowest BCUT2D eigenvalue weighted by Crippen LogP contribution is -2.63. The summed E-state index contributed by atoms with van der Waals surface area (Å²) < 4.78 is 2.13. The first-order chi connectivity index (χ1) is 13.0. The van der Waals surface area contributed by atoms with E-state index in [1.165, 1.54) is 16.9 Å². The molecule has 1 N–H and O–H groups in total. The van der Waals surface area contributed by atoms with E-state index in [9.17, 15) is 4.79 Å². The largest absolute Gasteiger partial charge is 0.367 e. The van der Waals surface area contributed by atoms with E-state index >= 15 is 0 Å². The maximum Gasteiger partial charge on any atom is 0.255 e. The maximum atomic E-state index is 12.4. The average molecular weight is 360 g/mol. The Morgan fingerprint density at radius 2 is 1.96 bits per heavy atom. The molecule has 0 unspecified atom stereocenters. The molecule has 2 aliphatic rings. The molecule has 1 saturated heterocycles. The van der Waals surface area contributed by atoms with Crippen LogP contribution in [0.25, 0.3) is 5.69 Å². The molecule has 5 nitrogen and oxygen atoms in total. The van der Waals surface area contributed by atoms with E-state index in [1.807, 2.05) is 11.0 Å². The van der Waals surface area contributed by atoms with Crippen LogP contribution < -0.4 is 0 Å². The van der Waals surface area contributed by atoms with Crippen LogP contribution in [0.5, 0.6) is 0 Å². The Morgan fingerprint density at radius 3 is 2.67 bits per heavy atom. The number of amides is 1. The predicted molar refractivity (Wildman–Crippen MR) is 104 cm³/mol. The first-order valence-electron chi connectivity index (χ1n) is 9.59. The van der Waals surface area contributed by atoms with Crippen molar-refractivity contribution >= 4 is 5.91 Å². The Hall–Kier alpha value is -2.82. The molecular weight excluding hydrogens is 336 g/mol. The number of para-hydroxylation sites is 1. The van der Waals surface area contributed by atoms with Crippen LogP contribution in [-0.2, 0) is 0 Å². The van der Waals surface area contributed by atoms with Crippen molar-refractivity contribution in [3.05, 3.63) is 71.3 Å². The number of rotatable bonds is 3. The lowest BCUT2D eigenvalue weighted by molar-refractivity contribution is -0.0565. The molecule has 0 radical (unpaired) electrons. The lowest BCUT2D eigenvalue weighted by Gasteiger charge is -2.59. The number of aromatic amines is 1. The molecule has 1 aromatic carbocycles. The molecule has 1 amide bonds. The van der Waals surface area contributed by atoms with Crippen LogP contribution in [0.1, 0.15) is 46.1 Å². The quantitative estimate of drug-likeness (QED) is 0.772. The highest BCUT2D eigenvalue weighted by atomic mass is 16.2. The van der Waals surface area contributed by atoms with Crippen molar-refractivity contribution in [2.45, 2.75) is 32.6 Å². The molecule has 0 atom stereocenters. The molecule has 1 aliphatic carbocycles. The number of aromatic nitrogens is 3. The predicted octanol–water partition coefficient (Wildman–Crippen LogP) is 3.84. The Balaban J connectivity index is 1.30. The molecule has 2 aromatic heterocycles. The van der Waals surface area contributed by atoms with Crippen LogP contribution in [0.15, 0.2) is 48.8 Å². The fourth-order valence-corrected chi connectivity index (χ4v) is 4.80. The summed E-state index contributed by atoms with van der Waals surface area (Å²) in [5, 5.41) is 4.76. The monoisotopic (exact) mass is 360 g/mol. The minimum absolute atomic E-state index is 0.145. The van der Waals surface area contributed by atoms with Crippen LogP contribution in [-0.4, -0.2) is 38.7 Å². The van der Waals surface area contributed by atoms with E-state index < -0.39 is 0 Å². The van der Waals surface area contributed by atoms with Gasteiger partial charge in [-0.1, -0.05) is 18.2 Å². The molecule has 1 aliphatic heterocycles. The van der Waals surface area contributed by atoms with E-state index in [1.54, 1.807) is 12.4 Å². The van der Waals surface area contributed by atoms with Crippen LogP contribution in [0.4, 0.5) is 0 Å². The van der Waals surface area contributed by atoms with Crippen molar-refractivity contribution in [2.24, 2.45) is 5.41 Å². The number of carbonyl (C=O) groups is 1. The van der Waals surface area contributed by atoms with Crippen LogP contribution in [0, 0.1) is 19.3 Å². The number of benzene rings is 1. The van der Waals surface area contributed by atoms with Gasteiger partial charge in [0.25, 0.3) is 5.91 Å². The third kappa shape index (κ3) is 2.60. The van der Waals surface area contributed by atoms with Crippen LogP contribution in [0.3, 0.4) is 0 Å². The zero-order valence-electron chi connectivity index (χ0n) is 15.8. The fourth-order valence-electron chi connectivity index (χ4n) is 4.80. The highest BCUT2D eigenvalue weighted by Gasteiger charge is 2.54. The van der Waals surface area contributed by atoms with Crippen LogP contribution in [0.2, 0.25) is 0 Å². The second-order valence-corrected chi connectivity index (χ2v) is 8.27. The van der Waals surface area contributed by atoms with E-state index in [0.29, 0.717) is 11.3 Å². The van der Waals surface area contributed by atoms with Gasteiger partial charge in [0.15, 0.2) is 0 Å². The minimum Gasteiger partial charge on any atom is -0.367 e. The first kappa shape index (κ1) is 16.4. The number of hydrogen-bond acceptors (Lipinski definition) is 2. The normalized spacial score (nSPS) is 18.4. The van der Waals surface area contributed by atoms with Gasteiger partial charge >= 0.3 is 0 Å². The van der Waals surface area contributed by atoms with Crippen molar-refractivity contribution < 1.29 is 4.79 Å². The number of likely N-dealkylation sites (tertiary alicyclic amines) is 1. The maximum absolute atomic E-state index is 12.4. The molecule has 5 heteroatoms. The Morgan fingerprint density at radius 1 is 1.19 bits per heavy atom. The Kier molecular flexibility index (Phi) is 3.54. The van der Waals surface area contributed by atoms with E-state index in [-0.39, 0.29) is 5.91 Å². The smallest absolute Gasteiger partial charge is 0.255 e. The summed E-state index contributed by atoms with van der Waals surface area (Å²) in [6.45, 7) is 5.96. The summed E-state index contributed by atoms with van der Waals surface area (Å²) in [5.74, 6) is 0.668. The van der Waals surface area contributed by atoms with Gasteiger partial charge < -0.3 is 9.88 Å². The highest BCUT2D eigenvalue weighted by molar-refractivity contribution is 5.94. The SMILES string of the molecule is Cc1cc(C2CC3(C2)CN(C(=O)c2cc[nH]c2)C3)n(-c2ccccc2C)n1. The van der Waals surface area contributed by atoms with Gasteiger partial charge in [-0.2, -0.15) is 5.10 Å². The lowest BCUT2D eigenvalue weighted by atomic mass is 9.57. The van der Waals surface area contributed by atoms with Crippen LogP contribution >= 0.6 is 0 Å². The molecule has 27 heavy (non-hydrogen) atoms. The standard InChI is InChI=1S/C22H24N4O/c1-15-5-3-4-6-19(15)26-20(9-16(2)24-26)18-10-22(11-18)13-25(14-22)21(27)17-7-8-23-12-17/h3-9,12,18,23H,10-11,13-14H2,1-2H3. The van der Waals surface area contributed by atoms with Gasteiger partial charge in [0.05, 0.1) is 16.9 Å². The number of nitrogens with one attached hydrogen (secondary N) is 1. The highest BCUT2D eigenvalue weighted by Crippen LogP contribution is 2.56. The molecule has 138 valence electrons. The summed E-state index contributed by atoms with van der Waals surface area (Å²) in [7, 11) is 0. The summed E-state index contributed by atoms with van der Waals surface area (Å²) in [6.07, 6.45) is 5.86. The van der Waals surface area contributed by atoms with Gasteiger partial charge in [-0.3, -0.25) is 4.79 Å². The van der Waals surface area contributed by atoms with Gasteiger partial charge in [0.1, 0.15) is 0 Å². The third-order valence-corrected chi connectivity index (χ3v) is 6.16. The van der Waals surface area contributed by atoms with E-state index in [4.69, 9.17) is 5.10 Å². The second kappa shape index (κ2) is 5.84. The fraction of sp³-hybridized carbons (Fsp3) is 0.364. The molecule has 0 bridgehead atoms. The average Bonchev–Trinajstić information content (AvgIpc) is 3.22. The molecule has 5 rings (SSSR count). The Labute approximate surface area is 159 Å². The summed E-state index contributed by atoms with van der Waals surface area (Å²) >= 11 is 0. The van der Waals surface area contributed by atoms with E-state index in [0.717, 1.165) is 37.2 Å². The topological polar surface area (TPSA) is 53.9 Å². The molecule has 3 aromatic rings. The van der Waals surface area contributed by atoms with Crippen molar-refractivity contribution in [3.8, 4) is 5.69 Å². The van der Waals surface area contributed by atoms with Crippen molar-refractivity contribution in [2.75, 3.05) is 13.1 Å². The number of hydrogen-bond donors (Lipinski definition) is 1. The summed E-state index contributed by atoms with van der Waals surface area (Å²) in [5.41, 5.74) is 5.84. The van der Waals surface area contributed by atoms with Crippen molar-refractivity contribution in [1.29, 1.82) is 0 Å². The number of carbonyl (C=O) groups excluding carboxylic acids is 1. The first-order valence-corrected chi connectivity index (χ1v) is 9.59. The number of nitrogens with zero attached hydrogens (tertiary/aromatic N) is 3. The minimum atomic E-state index is 0.145. The molecular formula is C22H24N4O. The van der Waals surface area contributed by atoms with Gasteiger partial charge in [0.2, 0.25) is 0 Å². The molecule has 3 heterocycles. The number of H-pyrrole nitrogens is 1. The van der Waals surface area contributed by atoms with E-state index in [2.05, 4.69) is 53.8 Å². The van der Waals surface area contributed by atoms with Crippen molar-refractivity contribution in [1.82, 2.24) is 19.7 Å².